The zero-order valence-corrected chi connectivity index (χ0v) is 7.77. The smallest absolute Gasteiger partial charge is 0.354 e. The number of carbonyl (C=O) groups is 1. The normalized spacial score (nSPS) is 12.1. The van der Waals surface area contributed by atoms with Crippen molar-refractivity contribution in [3.63, 3.8) is 0 Å². The molecule has 0 saturated carbocycles. The minimum Gasteiger partial charge on any atom is -0.477 e. The number of aliphatic hydroxyl groups excluding tert-OH is 1. The minimum absolute atomic E-state index is 0.0133. The van der Waals surface area contributed by atoms with Gasteiger partial charge in [-0.25, -0.2) is 9.78 Å². The van der Waals surface area contributed by atoms with Crippen LogP contribution in [0.5, 0.6) is 0 Å². The van der Waals surface area contributed by atoms with E-state index in [9.17, 15) is 4.79 Å². The number of carboxylic acid groups (broad SMARTS) is 1. The maximum atomic E-state index is 10.6. The third-order valence-electron chi connectivity index (χ3n) is 1.55. The second kappa shape index (κ2) is 4.57. The molecule has 0 aliphatic carbocycles. The number of anilines is 1. The lowest BCUT2D eigenvalue weighted by atomic mass is 10.3. The van der Waals surface area contributed by atoms with Gasteiger partial charge in [0.1, 0.15) is 5.82 Å². The molecule has 14 heavy (non-hydrogen) atoms. The Labute approximate surface area is 81.4 Å². The first kappa shape index (κ1) is 10.5. The number of aromatic nitrogens is 1. The Morgan fingerprint density at radius 1 is 1.64 bits per heavy atom. The third-order valence-corrected chi connectivity index (χ3v) is 1.55. The van der Waals surface area contributed by atoms with E-state index in [0.717, 1.165) is 0 Å². The van der Waals surface area contributed by atoms with Crippen molar-refractivity contribution in [3.05, 3.63) is 23.9 Å². The molecule has 1 heterocycles. The number of pyridine rings is 1. The standard InChI is InChI=1S/C9H12N2O3/c1-6(12)5-10-8-4-2-3-7(11-8)9(13)14/h2-4,6,12H,5H2,1H3,(H,10,11)(H,13,14). The van der Waals surface area contributed by atoms with Crippen molar-refractivity contribution in [1.29, 1.82) is 0 Å². The molecule has 0 spiro atoms. The lowest BCUT2D eigenvalue weighted by molar-refractivity contribution is 0.0690. The van der Waals surface area contributed by atoms with Crippen molar-refractivity contribution in [2.45, 2.75) is 13.0 Å². The monoisotopic (exact) mass is 196 g/mol. The molecule has 0 fully saturated rings. The molecule has 1 rings (SSSR count). The van der Waals surface area contributed by atoms with Crippen molar-refractivity contribution < 1.29 is 15.0 Å². The number of aromatic carboxylic acids is 1. The molecule has 0 radical (unpaired) electrons. The molecule has 0 bridgehead atoms. The molecule has 1 atom stereocenters. The van der Waals surface area contributed by atoms with Gasteiger partial charge in [0.05, 0.1) is 6.10 Å². The highest BCUT2D eigenvalue weighted by molar-refractivity contribution is 5.85. The highest BCUT2D eigenvalue weighted by atomic mass is 16.4. The number of carboxylic acids is 1. The molecule has 3 N–H and O–H groups in total. The summed E-state index contributed by atoms with van der Waals surface area (Å²) in [5, 5.41) is 20.4. The third kappa shape index (κ3) is 3.02. The van der Waals surface area contributed by atoms with Crippen LogP contribution in [0.15, 0.2) is 18.2 Å². The van der Waals surface area contributed by atoms with Crippen LogP contribution in [-0.4, -0.2) is 33.8 Å². The number of nitrogens with zero attached hydrogens (tertiary/aromatic N) is 1. The van der Waals surface area contributed by atoms with E-state index >= 15 is 0 Å². The van der Waals surface area contributed by atoms with Crippen LogP contribution in [0.3, 0.4) is 0 Å². The van der Waals surface area contributed by atoms with E-state index in [4.69, 9.17) is 10.2 Å². The van der Waals surface area contributed by atoms with Crippen LogP contribution in [0.1, 0.15) is 17.4 Å². The zero-order chi connectivity index (χ0) is 10.6. The van der Waals surface area contributed by atoms with Crippen LogP contribution in [0, 0.1) is 0 Å². The highest BCUT2D eigenvalue weighted by Gasteiger charge is 2.04. The van der Waals surface area contributed by atoms with E-state index in [-0.39, 0.29) is 5.69 Å². The van der Waals surface area contributed by atoms with E-state index in [0.29, 0.717) is 12.4 Å². The topological polar surface area (TPSA) is 82.5 Å². The molecule has 5 nitrogen and oxygen atoms in total. The average molecular weight is 196 g/mol. The molecule has 76 valence electrons. The van der Waals surface area contributed by atoms with Gasteiger partial charge in [0.2, 0.25) is 0 Å². The van der Waals surface area contributed by atoms with E-state index in [2.05, 4.69) is 10.3 Å². The van der Waals surface area contributed by atoms with Crippen LogP contribution in [0.4, 0.5) is 5.82 Å². The maximum absolute atomic E-state index is 10.6. The molecule has 1 aromatic rings. The summed E-state index contributed by atoms with van der Waals surface area (Å²) in [5.74, 6) is -0.614. The van der Waals surface area contributed by atoms with Gasteiger partial charge in [-0.15, -0.1) is 0 Å². The first-order valence-corrected chi connectivity index (χ1v) is 4.22. The summed E-state index contributed by atoms with van der Waals surface area (Å²) in [6.07, 6.45) is -0.495. The SMILES string of the molecule is CC(O)CNc1cccc(C(=O)O)n1. The van der Waals surface area contributed by atoms with E-state index < -0.39 is 12.1 Å². The summed E-state index contributed by atoms with van der Waals surface area (Å²) in [6.45, 7) is 1.98. The first-order valence-electron chi connectivity index (χ1n) is 4.22. The minimum atomic E-state index is -1.06. The fourth-order valence-electron chi connectivity index (χ4n) is 0.905. The molecule has 0 aliphatic rings. The maximum Gasteiger partial charge on any atom is 0.354 e. The molecule has 1 unspecified atom stereocenters. The Hall–Kier alpha value is -1.62. The lowest BCUT2D eigenvalue weighted by Crippen LogP contribution is -2.16. The summed E-state index contributed by atoms with van der Waals surface area (Å²) in [5.41, 5.74) is -0.0133. The number of nitrogens with one attached hydrogen (secondary N) is 1. The molecule has 0 saturated heterocycles. The van der Waals surface area contributed by atoms with Gasteiger partial charge in [0.25, 0.3) is 0 Å². The van der Waals surface area contributed by atoms with Crippen molar-refractivity contribution in [3.8, 4) is 0 Å². The van der Waals surface area contributed by atoms with Crippen molar-refractivity contribution in [2.75, 3.05) is 11.9 Å². The molecule has 5 heteroatoms. The van der Waals surface area contributed by atoms with Gasteiger partial charge >= 0.3 is 5.97 Å². The van der Waals surface area contributed by atoms with E-state index in [1.165, 1.54) is 6.07 Å². The lowest BCUT2D eigenvalue weighted by Gasteiger charge is -2.07. The van der Waals surface area contributed by atoms with Crippen LogP contribution in [0.2, 0.25) is 0 Å². The van der Waals surface area contributed by atoms with E-state index in [1.807, 2.05) is 0 Å². The summed E-state index contributed by atoms with van der Waals surface area (Å²) in [6, 6.07) is 4.66. The number of hydrogen-bond donors (Lipinski definition) is 3. The number of rotatable bonds is 4. The van der Waals surface area contributed by atoms with Crippen LogP contribution in [-0.2, 0) is 0 Å². The van der Waals surface area contributed by atoms with Crippen molar-refractivity contribution in [2.24, 2.45) is 0 Å². The second-order valence-corrected chi connectivity index (χ2v) is 2.94. The predicted molar refractivity (Wildman–Crippen MR) is 51.4 cm³/mol. The van der Waals surface area contributed by atoms with Gasteiger partial charge in [0, 0.05) is 6.54 Å². The highest BCUT2D eigenvalue weighted by Crippen LogP contribution is 2.04. The Balaban J connectivity index is 2.69. The van der Waals surface area contributed by atoms with Crippen molar-refractivity contribution >= 4 is 11.8 Å². The predicted octanol–water partition coefficient (Wildman–Crippen LogP) is 0.573. The van der Waals surface area contributed by atoms with Crippen LogP contribution in [0.25, 0.3) is 0 Å². The second-order valence-electron chi connectivity index (χ2n) is 2.94. The summed E-state index contributed by atoms with van der Waals surface area (Å²) < 4.78 is 0. The fourth-order valence-corrected chi connectivity index (χ4v) is 0.905. The van der Waals surface area contributed by atoms with Crippen LogP contribution >= 0.6 is 0 Å². The van der Waals surface area contributed by atoms with Gasteiger partial charge in [-0.05, 0) is 19.1 Å². The fraction of sp³-hybridized carbons (Fsp3) is 0.333. The number of hydrogen-bond acceptors (Lipinski definition) is 4. The van der Waals surface area contributed by atoms with Gasteiger partial charge in [-0.3, -0.25) is 0 Å². The molecule has 0 aromatic carbocycles. The largest absolute Gasteiger partial charge is 0.477 e. The molecule has 0 amide bonds. The van der Waals surface area contributed by atoms with Gasteiger partial charge in [-0.1, -0.05) is 6.07 Å². The first-order chi connectivity index (χ1) is 6.59. The van der Waals surface area contributed by atoms with Gasteiger partial charge < -0.3 is 15.5 Å². The Bertz CT molecular complexity index is 326. The quantitative estimate of drug-likeness (QED) is 0.655. The van der Waals surface area contributed by atoms with Crippen LogP contribution < -0.4 is 5.32 Å². The summed E-state index contributed by atoms with van der Waals surface area (Å²) >= 11 is 0. The molecular weight excluding hydrogens is 184 g/mol. The summed E-state index contributed by atoms with van der Waals surface area (Å²) in [7, 11) is 0. The zero-order valence-electron chi connectivity index (χ0n) is 7.77. The number of aliphatic hydroxyl groups is 1. The van der Waals surface area contributed by atoms with Crippen molar-refractivity contribution in [1.82, 2.24) is 4.98 Å². The van der Waals surface area contributed by atoms with Gasteiger partial charge in [-0.2, -0.15) is 0 Å². The molecular formula is C9H12N2O3. The Morgan fingerprint density at radius 2 is 2.36 bits per heavy atom. The Morgan fingerprint density at radius 3 is 2.93 bits per heavy atom. The summed E-state index contributed by atoms with van der Waals surface area (Å²) in [4.78, 5) is 14.4. The molecule has 0 aliphatic heterocycles. The Kier molecular flexibility index (Phi) is 3.41. The average Bonchev–Trinajstić information content (AvgIpc) is 2.15. The van der Waals surface area contributed by atoms with E-state index in [1.54, 1.807) is 19.1 Å². The van der Waals surface area contributed by atoms with Gasteiger partial charge in [0.15, 0.2) is 5.69 Å². The molecule has 1 aromatic heterocycles.